The lowest BCUT2D eigenvalue weighted by molar-refractivity contribution is -0.149. The summed E-state index contributed by atoms with van der Waals surface area (Å²) >= 11 is 0. The summed E-state index contributed by atoms with van der Waals surface area (Å²) in [6.07, 6.45) is -0.231. The van der Waals surface area contributed by atoms with Gasteiger partial charge in [-0.25, -0.2) is 13.7 Å². The van der Waals surface area contributed by atoms with Crippen molar-refractivity contribution >= 4 is 27.7 Å². The summed E-state index contributed by atoms with van der Waals surface area (Å²) in [5, 5.41) is 2.12. The first-order valence-corrected chi connectivity index (χ1v) is 9.20. The van der Waals surface area contributed by atoms with E-state index in [1.807, 2.05) is 63.2 Å². The summed E-state index contributed by atoms with van der Waals surface area (Å²) in [5.41, 5.74) is 0.747. The van der Waals surface area contributed by atoms with E-state index < -0.39 is 27.7 Å². The monoisotopic (exact) mass is 347 g/mol. The van der Waals surface area contributed by atoms with Gasteiger partial charge in [-0.2, -0.15) is 0 Å². The van der Waals surface area contributed by atoms with Gasteiger partial charge in [0.1, 0.15) is 6.04 Å². The van der Waals surface area contributed by atoms with Gasteiger partial charge in [0.15, 0.2) is 0 Å². The van der Waals surface area contributed by atoms with Crippen molar-refractivity contribution in [2.24, 2.45) is 0 Å². The van der Waals surface area contributed by atoms with E-state index in [4.69, 9.17) is 4.74 Å². The SMILES string of the molecule is CC(C)OC(=O)[C@H](N[S@@](=O)C(C)(C)C)c1ccc2ccccc2c1. The fourth-order valence-corrected chi connectivity index (χ4v) is 3.02. The summed E-state index contributed by atoms with van der Waals surface area (Å²) < 4.78 is 20.3. The molecule has 0 aliphatic carbocycles. The molecule has 1 N–H and O–H groups in total. The van der Waals surface area contributed by atoms with Crippen molar-refractivity contribution in [1.82, 2.24) is 4.72 Å². The molecule has 24 heavy (non-hydrogen) atoms. The van der Waals surface area contributed by atoms with Gasteiger partial charge in [-0.3, -0.25) is 0 Å². The maximum Gasteiger partial charge on any atom is 0.328 e. The largest absolute Gasteiger partial charge is 0.462 e. The lowest BCUT2D eigenvalue weighted by atomic mass is 10.0. The first-order valence-electron chi connectivity index (χ1n) is 8.05. The van der Waals surface area contributed by atoms with Crippen LogP contribution in [0.2, 0.25) is 0 Å². The molecule has 4 nitrogen and oxygen atoms in total. The molecule has 5 heteroatoms. The minimum absolute atomic E-state index is 0.231. The van der Waals surface area contributed by atoms with Gasteiger partial charge < -0.3 is 4.74 Å². The Hall–Kier alpha value is -1.72. The molecule has 0 unspecified atom stereocenters. The smallest absolute Gasteiger partial charge is 0.328 e. The van der Waals surface area contributed by atoms with Crippen LogP contribution in [0.4, 0.5) is 0 Å². The van der Waals surface area contributed by atoms with Gasteiger partial charge in [-0.05, 0) is 57.0 Å². The standard InChI is InChI=1S/C19H25NO3S/c1-13(2)23-18(21)17(20-24(22)19(3,4)5)16-11-10-14-8-6-7-9-15(14)12-16/h6-13,17,20H,1-5H3/t17-,24+/m1/s1. The van der Waals surface area contributed by atoms with Crippen LogP contribution < -0.4 is 4.72 Å². The Morgan fingerprint density at radius 2 is 1.71 bits per heavy atom. The van der Waals surface area contributed by atoms with E-state index in [2.05, 4.69) is 4.72 Å². The molecule has 0 bridgehead atoms. The number of hydrogen-bond acceptors (Lipinski definition) is 3. The summed E-state index contributed by atoms with van der Waals surface area (Å²) in [5.74, 6) is -0.419. The number of ether oxygens (including phenoxy) is 1. The highest BCUT2D eigenvalue weighted by atomic mass is 32.2. The predicted octanol–water partition coefficient (Wildman–Crippen LogP) is 3.88. The fourth-order valence-electron chi connectivity index (χ4n) is 2.22. The number of rotatable bonds is 5. The number of benzene rings is 2. The number of carbonyl (C=O) groups excluding carboxylic acids is 1. The molecule has 0 saturated carbocycles. The highest BCUT2D eigenvalue weighted by molar-refractivity contribution is 7.84. The van der Waals surface area contributed by atoms with Crippen LogP contribution in [0.25, 0.3) is 10.8 Å². The second-order valence-electron chi connectivity index (χ2n) is 7.02. The van der Waals surface area contributed by atoms with Crippen LogP contribution in [0.1, 0.15) is 46.2 Å². The van der Waals surface area contributed by atoms with Gasteiger partial charge in [0, 0.05) is 0 Å². The lowest BCUT2D eigenvalue weighted by Crippen LogP contribution is -2.39. The fraction of sp³-hybridized carbons (Fsp3) is 0.421. The van der Waals surface area contributed by atoms with Crippen LogP contribution in [-0.2, 0) is 20.5 Å². The summed E-state index contributed by atoms with van der Waals surface area (Å²) in [6.45, 7) is 9.19. The highest BCUT2D eigenvalue weighted by Crippen LogP contribution is 2.23. The van der Waals surface area contributed by atoms with Crippen molar-refractivity contribution in [3.8, 4) is 0 Å². The average Bonchev–Trinajstić information content (AvgIpc) is 2.50. The van der Waals surface area contributed by atoms with E-state index >= 15 is 0 Å². The topological polar surface area (TPSA) is 55.4 Å². The molecule has 130 valence electrons. The molecular weight excluding hydrogens is 322 g/mol. The third kappa shape index (κ3) is 4.65. The van der Waals surface area contributed by atoms with E-state index in [0.717, 1.165) is 16.3 Å². The Kier molecular flexibility index (Phi) is 5.78. The van der Waals surface area contributed by atoms with E-state index in [1.54, 1.807) is 13.8 Å². The molecule has 2 atom stereocenters. The molecular formula is C19H25NO3S. The molecule has 0 radical (unpaired) electrons. The van der Waals surface area contributed by atoms with Gasteiger partial charge in [-0.15, -0.1) is 0 Å². The molecule has 2 aromatic rings. The number of esters is 1. The Morgan fingerprint density at radius 1 is 1.08 bits per heavy atom. The lowest BCUT2D eigenvalue weighted by Gasteiger charge is -2.24. The second-order valence-corrected chi connectivity index (χ2v) is 9.02. The van der Waals surface area contributed by atoms with Gasteiger partial charge in [0.25, 0.3) is 0 Å². The van der Waals surface area contributed by atoms with Crippen molar-refractivity contribution in [3.63, 3.8) is 0 Å². The van der Waals surface area contributed by atoms with Crippen LogP contribution in [0, 0.1) is 0 Å². The summed E-state index contributed by atoms with van der Waals surface area (Å²) in [7, 11) is -1.39. The summed E-state index contributed by atoms with van der Waals surface area (Å²) in [4.78, 5) is 12.5. The van der Waals surface area contributed by atoms with Crippen molar-refractivity contribution < 1.29 is 13.7 Å². The normalized spacial score (nSPS) is 14.6. The highest BCUT2D eigenvalue weighted by Gasteiger charge is 2.29. The second kappa shape index (κ2) is 7.45. The van der Waals surface area contributed by atoms with Gasteiger partial charge in [0.2, 0.25) is 0 Å². The van der Waals surface area contributed by atoms with Crippen LogP contribution >= 0.6 is 0 Å². The van der Waals surface area contributed by atoms with Crippen LogP contribution in [-0.4, -0.2) is 21.0 Å². The average molecular weight is 347 g/mol. The Bertz CT molecular complexity index is 750. The molecule has 2 aromatic carbocycles. The molecule has 0 fully saturated rings. The van der Waals surface area contributed by atoms with E-state index in [-0.39, 0.29) is 6.10 Å². The molecule has 0 heterocycles. The van der Waals surface area contributed by atoms with E-state index in [9.17, 15) is 9.00 Å². The predicted molar refractivity (Wildman–Crippen MR) is 98.9 cm³/mol. The zero-order valence-corrected chi connectivity index (χ0v) is 15.6. The quantitative estimate of drug-likeness (QED) is 0.835. The molecule has 0 aromatic heterocycles. The summed E-state index contributed by atoms with van der Waals surface area (Å²) in [6, 6.07) is 12.9. The number of fused-ring (bicyclic) bond motifs is 1. The zero-order valence-electron chi connectivity index (χ0n) is 14.8. The Labute approximate surface area is 146 Å². The van der Waals surface area contributed by atoms with Crippen molar-refractivity contribution in [2.45, 2.75) is 51.5 Å². The van der Waals surface area contributed by atoms with Crippen LogP contribution in [0.5, 0.6) is 0 Å². The van der Waals surface area contributed by atoms with Crippen molar-refractivity contribution in [1.29, 1.82) is 0 Å². The first kappa shape index (κ1) is 18.6. The minimum atomic E-state index is -1.39. The van der Waals surface area contributed by atoms with Crippen molar-refractivity contribution in [2.75, 3.05) is 0 Å². The number of carbonyl (C=O) groups is 1. The molecule has 0 saturated heterocycles. The minimum Gasteiger partial charge on any atom is -0.462 e. The van der Waals surface area contributed by atoms with Crippen molar-refractivity contribution in [3.05, 3.63) is 48.0 Å². The third-order valence-corrected chi connectivity index (χ3v) is 5.04. The molecule has 0 amide bonds. The third-order valence-electron chi connectivity index (χ3n) is 3.48. The Balaban J connectivity index is 2.39. The molecule has 2 rings (SSSR count). The molecule has 0 spiro atoms. The van der Waals surface area contributed by atoms with E-state index in [0.29, 0.717) is 0 Å². The maximum atomic E-state index is 12.5. The molecule has 0 aliphatic heterocycles. The van der Waals surface area contributed by atoms with Gasteiger partial charge >= 0.3 is 5.97 Å². The van der Waals surface area contributed by atoms with Crippen LogP contribution in [0.3, 0.4) is 0 Å². The zero-order chi connectivity index (χ0) is 17.9. The van der Waals surface area contributed by atoms with E-state index in [1.165, 1.54) is 0 Å². The number of hydrogen-bond donors (Lipinski definition) is 1. The maximum absolute atomic E-state index is 12.5. The molecule has 0 aliphatic rings. The van der Waals surface area contributed by atoms with Gasteiger partial charge in [0.05, 0.1) is 21.8 Å². The Morgan fingerprint density at radius 3 is 2.29 bits per heavy atom. The number of nitrogens with one attached hydrogen (secondary N) is 1. The van der Waals surface area contributed by atoms with Crippen LogP contribution in [0.15, 0.2) is 42.5 Å². The van der Waals surface area contributed by atoms with Gasteiger partial charge in [-0.1, -0.05) is 36.4 Å². The first-order chi connectivity index (χ1) is 11.2.